The summed E-state index contributed by atoms with van der Waals surface area (Å²) >= 11 is 0. The molecule has 1 heterocycles. The van der Waals surface area contributed by atoms with E-state index in [-0.39, 0.29) is 5.91 Å². The normalized spacial score (nSPS) is 21.8. The highest BCUT2D eigenvalue weighted by Crippen LogP contribution is 2.42. The van der Waals surface area contributed by atoms with Crippen LogP contribution in [0.3, 0.4) is 0 Å². The second-order valence-electron chi connectivity index (χ2n) is 7.12. The predicted octanol–water partition coefficient (Wildman–Crippen LogP) is 2.54. The zero-order valence-corrected chi connectivity index (χ0v) is 14.7. The first kappa shape index (κ1) is 16.1. The minimum atomic E-state index is -0.171. The third kappa shape index (κ3) is 3.69. The van der Waals surface area contributed by atoms with Gasteiger partial charge in [0.1, 0.15) is 5.75 Å². The number of nitrogens with one attached hydrogen (secondary N) is 2. The van der Waals surface area contributed by atoms with E-state index in [0.29, 0.717) is 29.0 Å². The van der Waals surface area contributed by atoms with Crippen LogP contribution < -0.4 is 15.4 Å². The molecule has 2 fully saturated rings. The largest absolute Gasteiger partial charge is 0.496 e. The first-order valence-corrected chi connectivity index (χ1v) is 8.85. The van der Waals surface area contributed by atoms with Crippen molar-refractivity contribution in [1.82, 2.24) is 15.1 Å². The number of aromatic nitrogens is 2. The Hall–Kier alpha value is -2.34. The van der Waals surface area contributed by atoms with Crippen LogP contribution in [0.25, 0.3) is 0 Å². The van der Waals surface area contributed by atoms with Crippen molar-refractivity contribution >= 4 is 11.6 Å². The van der Waals surface area contributed by atoms with Gasteiger partial charge in [0, 0.05) is 25.2 Å². The number of benzene rings is 1. The molecule has 1 aromatic heterocycles. The van der Waals surface area contributed by atoms with E-state index in [2.05, 4.69) is 21.8 Å². The van der Waals surface area contributed by atoms with Gasteiger partial charge in [-0.05, 0) is 49.4 Å². The Labute approximate surface area is 147 Å². The summed E-state index contributed by atoms with van der Waals surface area (Å²) in [6, 6.07) is 6.48. The maximum atomic E-state index is 12.7. The van der Waals surface area contributed by atoms with Gasteiger partial charge in [-0.15, -0.1) is 0 Å². The first-order valence-electron chi connectivity index (χ1n) is 8.85. The first-order chi connectivity index (χ1) is 12.1. The van der Waals surface area contributed by atoms with Gasteiger partial charge in [-0.25, -0.2) is 0 Å². The van der Waals surface area contributed by atoms with Crippen molar-refractivity contribution in [2.45, 2.75) is 31.2 Å². The van der Waals surface area contributed by atoms with Crippen LogP contribution in [0, 0.1) is 5.92 Å². The molecule has 25 heavy (non-hydrogen) atoms. The third-order valence-corrected chi connectivity index (χ3v) is 5.02. The van der Waals surface area contributed by atoms with Crippen molar-refractivity contribution in [3.8, 4) is 5.75 Å². The van der Waals surface area contributed by atoms with Gasteiger partial charge in [0.25, 0.3) is 5.91 Å². The quantitative estimate of drug-likeness (QED) is 0.813. The molecule has 2 aliphatic carbocycles. The van der Waals surface area contributed by atoms with Crippen LogP contribution in [0.1, 0.15) is 41.1 Å². The summed E-state index contributed by atoms with van der Waals surface area (Å²) in [6.45, 7) is 1.13. The summed E-state index contributed by atoms with van der Waals surface area (Å²) in [4.78, 5) is 12.7. The smallest absolute Gasteiger partial charge is 0.259 e. The van der Waals surface area contributed by atoms with E-state index in [0.717, 1.165) is 18.9 Å². The van der Waals surface area contributed by atoms with E-state index in [9.17, 15) is 4.79 Å². The van der Waals surface area contributed by atoms with Gasteiger partial charge >= 0.3 is 0 Å². The van der Waals surface area contributed by atoms with E-state index in [4.69, 9.17) is 4.74 Å². The monoisotopic (exact) mass is 340 g/mol. The topological polar surface area (TPSA) is 68.2 Å². The summed E-state index contributed by atoms with van der Waals surface area (Å²) in [5.74, 6) is 1.80. The number of hydrogen-bond donors (Lipinski definition) is 2. The molecule has 0 aliphatic heterocycles. The van der Waals surface area contributed by atoms with Gasteiger partial charge in [0.2, 0.25) is 0 Å². The van der Waals surface area contributed by atoms with E-state index in [1.165, 1.54) is 18.4 Å². The lowest BCUT2D eigenvalue weighted by atomic mass is 10.0. The van der Waals surface area contributed by atoms with E-state index < -0.39 is 0 Å². The van der Waals surface area contributed by atoms with Gasteiger partial charge in [-0.2, -0.15) is 5.10 Å². The number of ether oxygens (including phenoxy) is 1. The molecule has 1 aromatic carbocycles. The van der Waals surface area contributed by atoms with Crippen molar-refractivity contribution < 1.29 is 9.53 Å². The average Bonchev–Trinajstić information content (AvgIpc) is 3.52. The van der Waals surface area contributed by atoms with Crippen LogP contribution >= 0.6 is 0 Å². The van der Waals surface area contributed by atoms with Gasteiger partial charge in [-0.1, -0.05) is 6.07 Å². The third-order valence-electron chi connectivity index (χ3n) is 5.02. The Bertz CT molecular complexity index is 781. The lowest BCUT2D eigenvalue weighted by Crippen LogP contribution is -2.20. The molecule has 6 nitrogen and oxygen atoms in total. The van der Waals surface area contributed by atoms with Gasteiger partial charge in [-0.3, -0.25) is 9.48 Å². The molecule has 0 radical (unpaired) electrons. The molecule has 0 spiro atoms. The molecular weight excluding hydrogens is 316 g/mol. The van der Waals surface area contributed by atoms with Gasteiger partial charge in [0.15, 0.2) is 0 Å². The SMILES string of the molecule is COc1ccc(C2CC2NCC2CC2)cc1C(=O)Nc1cnn(C)c1. The van der Waals surface area contributed by atoms with Crippen molar-refractivity contribution in [3.05, 3.63) is 41.7 Å². The number of aryl methyl sites for hydroxylation is 1. The van der Waals surface area contributed by atoms with Crippen LogP contribution in [0.2, 0.25) is 0 Å². The number of carbonyl (C=O) groups is 1. The number of amides is 1. The van der Waals surface area contributed by atoms with E-state index >= 15 is 0 Å². The highest BCUT2D eigenvalue weighted by Gasteiger charge is 2.39. The molecule has 2 aliphatic rings. The number of hydrogen-bond acceptors (Lipinski definition) is 4. The molecule has 6 heteroatoms. The molecule has 1 amide bonds. The minimum absolute atomic E-state index is 0.171. The van der Waals surface area contributed by atoms with Crippen LogP contribution in [0.4, 0.5) is 5.69 Å². The van der Waals surface area contributed by atoms with Crippen LogP contribution in [0.5, 0.6) is 5.75 Å². The van der Waals surface area contributed by atoms with Crippen LogP contribution in [0.15, 0.2) is 30.6 Å². The standard InChI is InChI=1S/C19H24N4O2/c1-23-11-14(10-21-23)22-19(24)16-7-13(5-6-18(16)25-2)15-8-17(15)20-9-12-3-4-12/h5-7,10-12,15,17,20H,3-4,8-9H2,1-2H3,(H,22,24). The molecule has 4 rings (SSSR count). The lowest BCUT2D eigenvalue weighted by Gasteiger charge is -2.11. The molecule has 2 unspecified atom stereocenters. The fourth-order valence-electron chi connectivity index (χ4n) is 3.25. The summed E-state index contributed by atoms with van der Waals surface area (Å²) in [6.07, 6.45) is 7.28. The summed E-state index contributed by atoms with van der Waals surface area (Å²) < 4.78 is 7.04. The fourth-order valence-corrected chi connectivity index (χ4v) is 3.25. The molecule has 0 saturated heterocycles. The number of methoxy groups -OCH3 is 1. The highest BCUT2D eigenvalue weighted by molar-refractivity contribution is 6.06. The van der Waals surface area contributed by atoms with Gasteiger partial charge in [0.05, 0.1) is 24.6 Å². The maximum Gasteiger partial charge on any atom is 0.259 e. The summed E-state index contributed by atoms with van der Waals surface area (Å²) in [5.41, 5.74) is 2.44. The molecule has 2 N–H and O–H groups in total. The van der Waals surface area contributed by atoms with Crippen molar-refractivity contribution in [3.63, 3.8) is 0 Å². The van der Waals surface area contributed by atoms with Crippen molar-refractivity contribution in [1.29, 1.82) is 0 Å². The Kier molecular flexibility index (Phi) is 4.21. The van der Waals surface area contributed by atoms with Crippen molar-refractivity contribution in [2.75, 3.05) is 19.0 Å². The Morgan fingerprint density at radius 2 is 2.24 bits per heavy atom. The van der Waals surface area contributed by atoms with Crippen molar-refractivity contribution in [2.24, 2.45) is 13.0 Å². The zero-order chi connectivity index (χ0) is 17.4. The second-order valence-corrected chi connectivity index (χ2v) is 7.12. The average molecular weight is 340 g/mol. The number of rotatable bonds is 7. The minimum Gasteiger partial charge on any atom is -0.496 e. The molecule has 0 bridgehead atoms. The zero-order valence-electron chi connectivity index (χ0n) is 14.7. The Balaban J connectivity index is 1.47. The molecule has 2 atom stereocenters. The Morgan fingerprint density at radius 3 is 2.92 bits per heavy atom. The maximum absolute atomic E-state index is 12.7. The van der Waals surface area contributed by atoms with Crippen LogP contribution in [-0.2, 0) is 7.05 Å². The highest BCUT2D eigenvalue weighted by atomic mass is 16.5. The number of nitrogens with zero attached hydrogens (tertiary/aromatic N) is 2. The van der Waals surface area contributed by atoms with Gasteiger partial charge < -0.3 is 15.4 Å². The summed E-state index contributed by atoms with van der Waals surface area (Å²) in [5, 5.41) is 10.6. The molecule has 2 saturated carbocycles. The Morgan fingerprint density at radius 1 is 1.40 bits per heavy atom. The molecule has 132 valence electrons. The molecule has 2 aromatic rings. The number of carbonyl (C=O) groups excluding carboxylic acids is 1. The fraction of sp³-hybridized carbons (Fsp3) is 0.474. The van der Waals surface area contributed by atoms with Crippen LogP contribution in [-0.4, -0.2) is 35.4 Å². The lowest BCUT2D eigenvalue weighted by molar-refractivity contribution is 0.102. The predicted molar refractivity (Wildman–Crippen MR) is 96.0 cm³/mol. The number of anilines is 1. The summed E-state index contributed by atoms with van der Waals surface area (Å²) in [7, 11) is 3.41. The van der Waals surface area contributed by atoms with E-state index in [1.807, 2.05) is 19.2 Å². The van der Waals surface area contributed by atoms with E-state index in [1.54, 1.807) is 24.2 Å². The second kappa shape index (κ2) is 6.52. The molecular formula is C19H24N4O2.